The Hall–Kier alpha value is -10.4. The maximum Gasteiger partial charge on any atom is 0.220 e. The van der Waals surface area contributed by atoms with Gasteiger partial charge in [0.1, 0.15) is 33.8 Å². The second-order valence-corrected chi connectivity index (χ2v) is 38.0. The van der Waals surface area contributed by atoms with Crippen LogP contribution in [0.3, 0.4) is 0 Å². The topological polar surface area (TPSA) is 28.7 Å². The lowest BCUT2D eigenvalue weighted by molar-refractivity contribution is -0.665. The minimum Gasteiger partial charge on any atom is -0.464 e. The van der Waals surface area contributed by atoms with Crippen molar-refractivity contribution in [1.29, 1.82) is 0 Å². The molecule has 5 aliphatic rings. The number of hydrogen-bond acceptors (Lipinski definition) is 2. The number of aromatic nitrogens is 4. The van der Waals surface area contributed by atoms with Gasteiger partial charge in [-0.05, 0) is 260 Å². The van der Waals surface area contributed by atoms with Crippen molar-refractivity contribution >= 4 is 86.3 Å². The van der Waals surface area contributed by atoms with E-state index in [1.54, 1.807) is 17.6 Å². The van der Waals surface area contributed by atoms with Gasteiger partial charge in [0.15, 0.2) is 22.8 Å². The Morgan fingerprint density at radius 1 is 0.328 bits per heavy atom. The number of furan rings is 1. The third-order valence-corrected chi connectivity index (χ3v) is 29.5. The first-order valence-corrected chi connectivity index (χ1v) is 45.6. The smallest absolute Gasteiger partial charge is 0.220 e. The third-order valence-electron chi connectivity index (χ3n) is 28.6. The molecule has 602 valence electrons. The van der Waals surface area contributed by atoms with Gasteiger partial charge in [0.25, 0.3) is 0 Å². The first-order valence-electron chi connectivity index (χ1n) is 46.7. The van der Waals surface area contributed by atoms with E-state index in [1.807, 2.05) is 6.07 Å². The summed E-state index contributed by atoms with van der Waals surface area (Å²) in [5.41, 5.74) is 30.9. The molecule has 4 saturated carbocycles. The minimum atomic E-state index is -0.0262. The van der Waals surface area contributed by atoms with Crippen LogP contribution in [0.25, 0.3) is 131 Å². The molecule has 16 aromatic rings. The molecule has 0 N–H and O–H groups in total. The summed E-state index contributed by atoms with van der Waals surface area (Å²) in [5, 5.41) is 16.2. The largest absolute Gasteiger partial charge is 0.464 e. The summed E-state index contributed by atoms with van der Waals surface area (Å²) in [7, 11) is 8.40. The molecule has 119 heavy (non-hydrogen) atoms. The lowest BCUT2D eigenvalue weighted by Gasteiger charge is -2.22. The van der Waals surface area contributed by atoms with Crippen molar-refractivity contribution in [2.45, 2.75) is 203 Å². The summed E-state index contributed by atoms with van der Waals surface area (Å²) in [6.45, 7) is 21.8. The molecule has 0 radical (unpaired) electrons. The number of aryl methyl sites for hydroxylation is 4. The average Bonchev–Trinajstić information content (AvgIpc) is 1.61. The first kappa shape index (κ1) is 74.9. The van der Waals surface area contributed by atoms with Crippen molar-refractivity contribution in [2.24, 2.45) is 51.9 Å². The lowest BCUT2D eigenvalue weighted by atomic mass is 9.81. The SMILES string of the molecule is [2H]c1c(C)[n+](C)c(-c2cc3c(cc2C)-c2ccccc2C3(C)C)c2ccc(CC3CCCC3)cc12.[2H]c1c(C)[n+](C)c(-c2cc3ccccc3cc2C)c2ccc(CC3CCCC3)cc12.[2H]c1c(C)[n+](C)c(-c2cc3occc3cc2C)c2ccc(CC3CCCC3)cc12.[2H]c1c(C)[n+](C)c(-c2cc3sccc3cc2C)c2ccc(CC3CCCC3)cc12. The van der Waals surface area contributed by atoms with Gasteiger partial charge in [0.2, 0.25) is 22.8 Å². The number of nitrogens with zero attached hydrogens (tertiary/aromatic N) is 4. The molecule has 0 atom stereocenters. The average molecular weight is 1590 g/mol. The zero-order chi connectivity index (χ0) is 85.6. The summed E-state index contributed by atoms with van der Waals surface area (Å²) in [6.07, 6.45) is 28.2. The van der Waals surface area contributed by atoms with Crippen molar-refractivity contribution < 1.29 is 28.2 Å². The van der Waals surface area contributed by atoms with Crippen molar-refractivity contribution in [2.75, 3.05) is 0 Å². The van der Waals surface area contributed by atoms with E-state index in [9.17, 15) is 0 Å². The van der Waals surface area contributed by atoms with Crippen LogP contribution in [0.2, 0.25) is 0 Å². The number of rotatable bonds is 12. The number of thiophene rings is 1. The molecule has 6 aromatic heterocycles. The second kappa shape index (κ2) is 33.3. The number of benzene rings is 10. The van der Waals surface area contributed by atoms with E-state index in [4.69, 9.17) is 9.90 Å². The van der Waals surface area contributed by atoms with Gasteiger partial charge >= 0.3 is 0 Å². The molecular weight excluding hydrogens is 1460 g/mol. The van der Waals surface area contributed by atoms with Gasteiger partial charge < -0.3 is 4.42 Å². The standard InChI is InChI=1S/C33H36N.C28H30N.C26H28NO.C26H28NS/c1-21-16-29-27-12-8-9-13-30(27)33(3,4)31(29)20-28(21)32-26-15-14-24(18-23-10-6-7-11-23)19-25(26)17-22(2)34(32)5;1-19-14-23-10-6-7-11-24(23)18-27(19)28-26-13-12-22(16-21-8-4-5-9-21)17-25(26)15-20(2)29(28)3;2*1-17-12-21-10-11-28-25(21)16-24(17)26-23-9-8-20(14-19-6-4-5-7-19)15-22(23)13-18(2)27(26)3/h8-9,12-17,19-20,23H,6-7,10-11,18H2,1-5H3;6-7,10-15,17-18,21H,4-5,8-9,16H2,1-3H3;2*8-13,15-16,19H,4-7,14H2,1-3H3/q4*+1/i17D;15D;2*13D. The zero-order valence-corrected chi connectivity index (χ0v) is 73.8. The fraction of sp³-hybridized carbons (Fsp3) is 0.345. The van der Waals surface area contributed by atoms with E-state index in [2.05, 4.69) is 297 Å². The number of hydrogen-bond donors (Lipinski definition) is 0. The summed E-state index contributed by atoms with van der Waals surface area (Å²) in [5.74, 6) is 3.26. The monoisotopic (exact) mass is 1590 g/mol. The molecule has 0 amide bonds. The Labute approximate surface area is 717 Å². The van der Waals surface area contributed by atoms with Crippen LogP contribution in [0.5, 0.6) is 0 Å². The lowest BCUT2D eigenvalue weighted by Crippen LogP contribution is -2.35. The fourth-order valence-electron chi connectivity index (χ4n) is 21.6. The van der Waals surface area contributed by atoms with E-state index in [0.717, 1.165) is 116 Å². The molecule has 0 unspecified atom stereocenters. The zero-order valence-electron chi connectivity index (χ0n) is 77.0. The Bertz CT molecular complexity index is 6660. The first-order chi connectivity index (χ1) is 59.3. The number of fused-ring (bicyclic) bond motifs is 10. The molecule has 5 nitrogen and oxygen atoms in total. The van der Waals surface area contributed by atoms with Crippen LogP contribution < -0.4 is 18.3 Å². The molecule has 0 bridgehead atoms. The van der Waals surface area contributed by atoms with Crippen molar-refractivity contribution in [3.05, 3.63) is 296 Å². The maximum atomic E-state index is 8.98. The van der Waals surface area contributed by atoms with Crippen LogP contribution in [0.4, 0.5) is 0 Å². The van der Waals surface area contributed by atoms with Gasteiger partial charge in [-0.15, -0.1) is 11.3 Å². The van der Waals surface area contributed by atoms with E-state index in [1.165, 1.54) is 246 Å². The Balaban J connectivity index is 0.000000112. The molecule has 5 aliphatic carbocycles. The molecule has 10 aromatic carbocycles. The van der Waals surface area contributed by atoms with Crippen molar-refractivity contribution in [1.82, 2.24) is 0 Å². The molecular formula is C113H122N4OS+4. The van der Waals surface area contributed by atoms with Gasteiger partial charge in [-0.3, -0.25) is 0 Å². The molecule has 6 heterocycles. The van der Waals surface area contributed by atoms with E-state index >= 15 is 0 Å². The highest BCUT2D eigenvalue weighted by Gasteiger charge is 2.37. The molecule has 4 fully saturated rings. The predicted molar refractivity (Wildman–Crippen MR) is 503 cm³/mol. The van der Waals surface area contributed by atoms with Gasteiger partial charge in [-0.1, -0.05) is 226 Å². The van der Waals surface area contributed by atoms with Crippen LogP contribution in [0, 0.1) is 79.1 Å². The van der Waals surface area contributed by atoms with Crippen LogP contribution in [-0.2, 0) is 59.3 Å². The Morgan fingerprint density at radius 2 is 0.681 bits per heavy atom. The molecule has 6 heteroatoms. The highest BCUT2D eigenvalue weighted by atomic mass is 32.1. The number of pyridine rings is 4. The van der Waals surface area contributed by atoms with Gasteiger partial charge in [0.05, 0.1) is 55.5 Å². The van der Waals surface area contributed by atoms with Crippen LogP contribution in [0.15, 0.2) is 222 Å². The predicted octanol–water partition coefficient (Wildman–Crippen LogP) is 28.1. The molecule has 0 spiro atoms. The van der Waals surface area contributed by atoms with Crippen molar-refractivity contribution in [3.8, 4) is 56.2 Å². The van der Waals surface area contributed by atoms with Crippen LogP contribution in [0.1, 0.15) is 200 Å². The van der Waals surface area contributed by atoms with Gasteiger partial charge in [-0.25, -0.2) is 0 Å². The Morgan fingerprint density at radius 3 is 1.11 bits per heavy atom. The normalized spacial score (nSPS) is 16.0. The summed E-state index contributed by atoms with van der Waals surface area (Å²) >= 11 is 1.80. The quantitative estimate of drug-likeness (QED) is 0.112. The van der Waals surface area contributed by atoms with Gasteiger partial charge in [-0.2, -0.15) is 18.3 Å². The minimum absolute atomic E-state index is 0.0262. The van der Waals surface area contributed by atoms with E-state index in [-0.39, 0.29) is 5.41 Å². The van der Waals surface area contributed by atoms with Crippen LogP contribution >= 0.6 is 11.3 Å². The maximum absolute atomic E-state index is 8.98. The van der Waals surface area contributed by atoms with E-state index in [0.29, 0.717) is 24.2 Å². The molecule has 0 saturated heterocycles. The highest BCUT2D eigenvalue weighted by molar-refractivity contribution is 7.17. The molecule has 0 aliphatic heterocycles. The Kier molecular flexibility index (Phi) is 21.0. The highest BCUT2D eigenvalue weighted by Crippen LogP contribution is 2.51. The van der Waals surface area contributed by atoms with Crippen molar-refractivity contribution in [3.63, 3.8) is 0 Å². The summed E-state index contributed by atoms with van der Waals surface area (Å²) < 4.78 is 51.2. The van der Waals surface area contributed by atoms with Gasteiger partial charge in [0, 0.05) is 67.4 Å². The molecule has 21 rings (SSSR count). The van der Waals surface area contributed by atoms with E-state index < -0.39 is 0 Å². The third kappa shape index (κ3) is 15.8. The van der Waals surface area contributed by atoms with Crippen LogP contribution in [-0.4, -0.2) is 0 Å². The second-order valence-electron chi connectivity index (χ2n) is 37.1. The summed E-state index contributed by atoms with van der Waals surface area (Å²) in [4.78, 5) is 0. The fourth-order valence-corrected chi connectivity index (χ4v) is 22.4. The summed E-state index contributed by atoms with van der Waals surface area (Å²) in [6, 6.07) is 70.1.